The maximum Gasteiger partial charge on any atom is 0.471 e. The fourth-order valence-electron chi connectivity index (χ4n) is 2.50. The van der Waals surface area contributed by atoms with E-state index >= 15 is 0 Å². The Bertz CT molecular complexity index is 583. The van der Waals surface area contributed by atoms with E-state index in [2.05, 4.69) is 4.74 Å². The van der Waals surface area contributed by atoms with Gasteiger partial charge in [0, 0.05) is 13.1 Å². The highest BCUT2D eigenvalue weighted by molar-refractivity contribution is 5.89. The van der Waals surface area contributed by atoms with Crippen LogP contribution in [0.15, 0.2) is 18.2 Å². The molecule has 1 aromatic carbocycles. The number of hydrogen-bond acceptors (Lipinski definition) is 3. The average molecular weight is 301 g/mol. The Morgan fingerprint density at radius 3 is 2.57 bits per heavy atom. The van der Waals surface area contributed by atoms with E-state index in [4.69, 9.17) is 0 Å². The van der Waals surface area contributed by atoms with Crippen molar-refractivity contribution in [1.29, 1.82) is 0 Å². The molecule has 4 nitrogen and oxygen atoms in total. The summed E-state index contributed by atoms with van der Waals surface area (Å²) in [5.74, 6) is -2.65. The smallest absolute Gasteiger partial charge is 0.465 e. The van der Waals surface area contributed by atoms with Crippen molar-refractivity contribution in [3.63, 3.8) is 0 Å². The van der Waals surface area contributed by atoms with Crippen LogP contribution in [-0.2, 0) is 16.1 Å². The van der Waals surface area contributed by atoms with Gasteiger partial charge in [-0.1, -0.05) is 13.0 Å². The van der Waals surface area contributed by atoms with Crippen molar-refractivity contribution < 1.29 is 27.5 Å². The Kier molecular flexibility index (Phi) is 3.93. The van der Waals surface area contributed by atoms with Gasteiger partial charge in [0.25, 0.3) is 0 Å². The van der Waals surface area contributed by atoms with Gasteiger partial charge in [-0.25, -0.2) is 4.79 Å². The summed E-state index contributed by atoms with van der Waals surface area (Å²) in [5.41, 5.74) is 1.63. The first-order valence-corrected chi connectivity index (χ1v) is 6.31. The average Bonchev–Trinajstić information content (AvgIpc) is 2.43. The van der Waals surface area contributed by atoms with Crippen LogP contribution in [0.1, 0.15) is 34.3 Å². The van der Waals surface area contributed by atoms with E-state index in [1.165, 1.54) is 13.2 Å². The molecule has 1 aliphatic rings. The standard InChI is InChI=1S/C14H14F3NO3/c1-8-6-18(13(20)14(15,16)17)7-10-5-9(12(19)21-2)3-4-11(8)10/h3-5,8H,6-7H2,1-2H3/t8-/m1/s1. The number of alkyl halides is 3. The quantitative estimate of drug-likeness (QED) is 0.749. The topological polar surface area (TPSA) is 46.6 Å². The van der Waals surface area contributed by atoms with Gasteiger partial charge in [0.05, 0.1) is 12.7 Å². The Labute approximate surface area is 119 Å². The van der Waals surface area contributed by atoms with Crippen molar-refractivity contribution in [3.8, 4) is 0 Å². The number of halogens is 3. The van der Waals surface area contributed by atoms with Crippen molar-refractivity contribution in [2.45, 2.75) is 25.6 Å². The second kappa shape index (κ2) is 5.38. The van der Waals surface area contributed by atoms with Crippen molar-refractivity contribution in [2.75, 3.05) is 13.7 Å². The van der Waals surface area contributed by atoms with Gasteiger partial charge in [-0.3, -0.25) is 4.79 Å². The minimum absolute atomic E-state index is 0.00289. The number of fused-ring (bicyclic) bond motifs is 1. The van der Waals surface area contributed by atoms with Gasteiger partial charge in [-0.15, -0.1) is 0 Å². The van der Waals surface area contributed by atoms with Gasteiger partial charge in [0.2, 0.25) is 0 Å². The molecule has 0 unspecified atom stereocenters. The highest BCUT2D eigenvalue weighted by Gasteiger charge is 2.44. The van der Waals surface area contributed by atoms with Gasteiger partial charge in [-0.2, -0.15) is 13.2 Å². The largest absolute Gasteiger partial charge is 0.471 e. The number of benzene rings is 1. The number of ether oxygens (including phenoxy) is 1. The molecule has 0 radical (unpaired) electrons. The van der Waals surface area contributed by atoms with E-state index in [9.17, 15) is 22.8 Å². The summed E-state index contributed by atoms with van der Waals surface area (Å²) in [7, 11) is 1.23. The van der Waals surface area contributed by atoms with Crippen LogP contribution >= 0.6 is 0 Å². The van der Waals surface area contributed by atoms with Crippen LogP contribution in [0.2, 0.25) is 0 Å². The highest BCUT2D eigenvalue weighted by Crippen LogP contribution is 2.31. The van der Waals surface area contributed by atoms with Crippen LogP contribution in [0, 0.1) is 0 Å². The number of amides is 1. The molecular formula is C14H14F3NO3. The van der Waals surface area contributed by atoms with Crippen LogP contribution in [0.4, 0.5) is 13.2 Å². The van der Waals surface area contributed by atoms with Crippen LogP contribution < -0.4 is 0 Å². The number of esters is 1. The van der Waals surface area contributed by atoms with Gasteiger partial charge in [0.15, 0.2) is 0 Å². The third-order valence-corrected chi connectivity index (χ3v) is 3.48. The molecule has 114 valence electrons. The minimum Gasteiger partial charge on any atom is -0.465 e. The monoisotopic (exact) mass is 301 g/mol. The van der Waals surface area contributed by atoms with Crippen molar-refractivity contribution in [2.24, 2.45) is 0 Å². The number of hydrogen-bond donors (Lipinski definition) is 0. The summed E-state index contributed by atoms with van der Waals surface area (Å²) >= 11 is 0. The van der Waals surface area contributed by atoms with Gasteiger partial charge in [0.1, 0.15) is 0 Å². The maximum atomic E-state index is 12.5. The predicted molar refractivity (Wildman–Crippen MR) is 67.7 cm³/mol. The second-order valence-corrected chi connectivity index (χ2v) is 4.99. The SMILES string of the molecule is COC(=O)c1ccc2c(c1)CN(C(=O)C(F)(F)F)C[C@H]2C. The summed E-state index contributed by atoms with van der Waals surface area (Å²) < 4.78 is 42.2. The molecule has 0 saturated heterocycles. The normalized spacial score (nSPS) is 18.1. The molecule has 7 heteroatoms. The van der Waals surface area contributed by atoms with Crippen molar-refractivity contribution in [1.82, 2.24) is 4.90 Å². The fraction of sp³-hybridized carbons (Fsp3) is 0.429. The number of methoxy groups -OCH3 is 1. The van der Waals surface area contributed by atoms with Crippen LogP contribution in [0.5, 0.6) is 0 Å². The lowest BCUT2D eigenvalue weighted by Crippen LogP contribution is -2.44. The molecule has 0 aromatic heterocycles. The fourth-order valence-corrected chi connectivity index (χ4v) is 2.50. The first-order chi connectivity index (χ1) is 9.74. The molecule has 0 fully saturated rings. The minimum atomic E-state index is -4.89. The molecule has 0 saturated carbocycles. The maximum absolute atomic E-state index is 12.5. The summed E-state index contributed by atoms with van der Waals surface area (Å²) in [6.07, 6.45) is -4.89. The predicted octanol–water partition coefficient (Wildman–Crippen LogP) is 2.48. The molecule has 1 aliphatic heterocycles. The number of carbonyl (C=O) groups is 2. The van der Waals surface area contributed by atoms with Gasteiger partial charge in [-0.05, 0) is 29.2 Å². The summed E-state index contributed by atoms with van der Waals surface area (Å²) in [6.45, 7) is 1.58. The number of carbonyl (C=O) groups excluding carboxylic acids is 2. The van der Waals surface area contributed by atoms with E-state index in [1.807, 2.05) is 0 Å². The summed E-state index contributed by atoms with van der Waals surface area (Å²) in [6, 6.07) is 4.75. The Morgan fingerprint density at radius 1 is 1.33 bits per heavy atom. The first-order valence-electron chi connectivity index (χ1n) is 6.31. The molecule has 2 rings (SSSR count). The molecule has 1 aromatic rings. The Hall–Kier alpha value is -2.05. The molecule has 0 aliphatic carbocycles. The molecule has 1 heterocycles. The zero-order chi connectivity index (χ0) is 15.8. The second-order valence-electron chi connectivity index (χ2n) is 4.99. The van der Waals surface area contributed by atoms with Crippen LogP contribution in [0.25, 0.3) is 0 Å². The summed E-state index contributed by atoms with van der Waals surface area (Å²) in [5, 5.41) is 0. The highest BCUT2D eigenvalue weighted by atomic mass is 19.4. The number of rotatable bonds is 1. The Morgan fingerprint density at radius 2 is 2.00 bits per heavy atom. The molecule has 21 heavy (non-hydrogen) atoms. The third-order valence-electron chi connectivity index (χ3n) is 3.48. The molecule has 1 atom stereocenters. The van der Waals surface area contributed by atoms with Gasteiger partial charge < -0.3 is 9.64 Å². The zero-order valence-corrected chi connectivity index (χ0v) is 11.5. The van der Waals surface area contributed by atoms with Crippen LogP contribution in [0.3, 0.4) is 0 Å². The first kappa shape index (κ1) is 15.3. The summed E-state index contributed by atoms with van der Waals surface area (Å²) in [4.78, 5) is 23.6. The zero-order valence-electron chi connectivity index (χ0n) is 11.5. The molecule has 1 amide bonds. The van der Waals surface area contributed by atoms with E-state index in [0.29, 0.717) is 5.56 Å². The van der Waals surface area contributed by atoms with Gasteiger partial charge >= 0.3 is 18.1 Å². The van der Waals surface area contributed by atoms with E-state index in [0.717, 1.165) is 10.5 Å². The number of nitrogens with zero attached hydrogens (tertiary/aromatic N) is 1. The molecule has 0 spiro atoms. The third kappa shape index (κ3) is 3.01. The van der Waals surface area contributed by atoms with E-state index < -0.39 is 18.1 Å². The molecular weight excluding hydrogens is 287 g/mol. The van der Waals surface area contributed by atoms with Crippen LogP contribution in [-0.4, -0.2) is 36.6 Å². The van der Waals surface area contributed by atoms with Crippen molar-refractivity contribution >= 4 is 11.9 Å². The molecule has 0 N–H and O–H groups in total. The lowest BCUT2D eigenvalue weighted by atomic mass is 9.89. The molecule has 0 bridgehead atoms. The van der Waals surface area contributed by atoms with E-state index in [1.54, 1.807) is 19.1 Å². The van der Waals surface area contributed by atoms with Crippen molar-refractivity contribution in [3.05, 3.63) is 34.9 Å². The lowest BCUT2D eigenvalue weighted by Gasteiger charge is -2.33. The Balaban J connectivity index is 2.33. The van der Waals surface area contributed by atoms with E-state index in [-0.39, 0.29) is 24.6 Å². The lowest BCUT2D eigenvalue weighted by molar-refractivity contribution is -0.186.